The lowest BCUT2D eigenvalue weighted by atomic mass is 9.86. The van der Waals surface area contributed by atoms with Crippen molar-refractivity contribution in [3.05, 3.63) is 74.0 Å². The molecule has 6 nitrogen and oxygen atoms in total. The second-order valence-electron chi connectivity index (χ2n) is 8.10. The van der Waals surface area contributed by atoms with E-state index in [0.717, 1.165) is 31.7 Å². The van der Waals surface area contributed by atoms with E-state index in [2.05, 4.69) is 34.1 Å². The monoisotopic (exact) mass is 476 g/mol. The molecule has 31 heavy (non-hydrogen) atoms. The molecule has 4 aromatic rings. The molecule has 0 saturated heterocycles. The Morgan fingerprint density at radius 3 is 2.81 bits per heavy atom. The molecule has 0 saturated carbocycles. The number of hydrogen-bond donors (Lipinski definition) is 1. The molecule has 0 fully saturated rings. The van der Waals surface area contributed by atoms with Gasteiger partial charge in [0.2, 0.25) is 0 Å². The summed E-state index contributed by atoms with van der Waals surface area (Å²) in [5.41, 5.74) is 1.71. The molecule has 2 aromatic heterocycles. The molecular formula is C24H17BrN2O4. The highest BCUT2D eigenvalue weighted by Gasteiger charge is 2.45. The number of ether oxygens (including phenoxy) is 1. The zero-order chi connectivity index (χ0) is 21.5. The van der Waals surface area contributed by atoms with Crippen molar-refractivity contribution in [1.82, 2.24) is 9.55 Å². The molecule has 6 rings (SSSR count). The van der Waals surface area contributed by atoms with Crippen LogP contribution in [0.2, 0.25) is 0 Å². The van der Waals surface area contributed by atoms with Crippen LogP contribution in [0.5, 0.6) is 0 Å². The number of cyclic esters (lactones) is 1. The highest BCUT2D eigenvalue weighted by atomic mass is 79.9. The van der Waals surface area contributed by atoms with Crippen molar-refractivity contribution in [2.45, 2.75) is 32.1 Å². The predicted molar refractivity (Wildman–Crippen MR) is 120 cm³/mol. The molecule has 2 aliphatic rings. The van der Waals surface area contributed by atoms with Crippen molar-refractivity contribution >= 4 is 43.6 Å². The van der Waals surface area contributed by atoms with E-state index in [1.807, 2.05) is 18.2 Å². The minimum Gasteiger partial charge on any atom is -0.458 e. The van der Waals surface area contributed by atoms with Crippen molar-refractivity contribution < 1.29 is 14.6 Å². The van der Waals surface area contributed by atoms with Crippen LogP contribution in [0.3, 0.4) is 0 Å². The molecular weight excluding hydrogens is 460 g/mol. The number of hydrogen-bond acceptors (Lipinski definition) is 5. The van der Waals surface area contributed by atoms with E-state index in [4.69, 9.17) is 9.72 Å². The number of fused-ring (bicyclic) bond motifs is 7. The van der Waals surface area contributed by atoms with E-state index < -0.39 is 11.6 Å². The first-order valence-corrected chi connectivity index (χ1v) is 10.9. The lowest BCUT2D eigenvalue weighted by molar-refractivity contribution is -0.172. The molecule has 4 heterocycles. The predicted octanol–water partition coefficient (Wildman–Crippen LogP) is 4.00. The third-order valence-electron chi connectivity index (χ3n) is 6.47. The third-order valence-corrected chi connectivity index (χ3v) is 6.96. The van der Waals surface area contributed by atoms with Crippen molar-refractivity contribution in [3.63, 3.8) is 0 Å². The number of pyridine rings is 2. The number of benzene rings is 2. The molecule has 1 N–H and O–H groups in total. The number of carbonyl (C=O) groups excluding carboxylic acids is 1. The van der Waals surface area contributed by atoms with Gasteiger partial charge in [-0.3, -0.25) is 4.79 Å². The Labute approximate surface area is 185 Å². The number of esters is 1. The van der Waals surface area contributed by atoms with Crippen LogP contribution in [-0.4, -0.2) is 20.6 Å². The standard InChI is InChI=1S/C24H17BrN2O4/c1-2-24(30)18-9-20-21-13(10-27(20)22(28)17(18)11-31-23(24)29)8-16-15-5-4-14(25)7-12(15)3-6-19(16)26-21/h3-9,30H,2,10-11H2,1H3/t24-/m0/s1. The second kappa shape index (κ2) is 6.24. The van der Waals surface area contributed by atoms with Gasteiger partial charge in [-0.1, -0.05) is 35.0 Å². The Morgan fingerprint density at radius 1 is 1.16 bits per heavy atom. The molecule has 0 aliphatic carbocycles. The fourth-order valence-corrected chi connectivity index (χ4v) is 5.14. The average Bonchev–Trinajstić information content (AvgIpc) is 3.13. The molecule has 0 bridgehead atoms. The van der Waals surface area contributed by atoms with Crippen LogP contribution in [0.4, 0.5) is 0 Å². The topological polar surface area (TPSA) is 81.4 Å². The summed E-state index contributed by atoms with van der Waals surface area (Å²) in [6, 6.07) is 14.0. The van der Waals surface area contributed by atoms with Crippen LogP contribution >= 0.6 is 15.9 Å². The van der Waals surface area contributed by atoms with Crippen LogP contribution in [0.1, 0.15) is 30.0 Å². The van der Waals surface area contributed by atoms with Crippen molar-refractivity contribution in [2.24, 2.45) is 0 Å². The maximum atomic E-state index is 13.3. The molecule has 0 radical (unpaired) electrons. The Morgan fingerprint density at radius 2 is 2.00 bits per heavy atom. The Balaban J connectivity index is 1.62. The maximum Gasteiger partial charge on any atom is 0.343 e. The number of nitrogens with zero attached hydrogens (tertiary/aromatic N) is 2. The summed E-state index contributed by atoms with van der Waals surface area (Å²) in [5.74, 6) is -0.714. The number of carbonyl (C=O) groups is 1. The summed E-state index contributed by atoms with van der Waals surface area (Å²) in [6.07, 6.45) is 0.126. The van der Waals surface area contributed by atoms with Crippen LogP contribution in [0, 0.1) is 0 Å². The van der Waals surface area contributed by atoms with Crippen molar-refractivity contribution in [3.8, 4) is 11.4 Å². The third kappa shape index (κ3) is 2.44. The van der Waals surface area contributed by atoms with Crippen LogP contribution in [0.25, 0.3) is 33.1 Å². The lowest BCUT2D eigenvalue weighted by Gasteiger charge is -2.31. The summed E-state index contributed by atoms with van der Waals surface area (Å²) >= 11 is 3.52. The fourth-order valence-electron chi connectivity index (χ4n) is 4.76. The van der Waals surface area contributed by atoms with E-state index in [9.17, 15) is 14.7 Å². The quantitative estimate of drug-likeness (QED) is 0.292. The van der Waals surface area contributed by atoms with Gasteiger partial charge in [0.15, 0.2) is 5.60 Å². The van der Waals surface area contributed by atoms with Gasteiger partial charge in [-0.05, 0) is 47.5 Å². The van der Waals surface area contributed by atoms with Gasteiger partial charge in [-0.2, -0.15) is 0 Å². The van der Waals surface area contributed by atoms with E-state index in [1.54, 1.807) is 17.6 Å². The summed E-state index contributed by atoms with van der Waals surface area (Å²) < 4.78 is 7.80. The van der Waals surface area contributed by atoms with Crippen molar-refractivity contribution in [2.75, 3.05) is 0 Å². The Hall–Kier alpha value is -3.03. The molecule has 1 atom stereocenters. The van der Waals surface area contributed by atoms with E-state index in [0.29, 0.717) is 29.1 Å². The Kier molecular flexibility index (Phi) is 3.77. The highest BCUT2D eigenvalue weighted by Crippen LogP contribution is 2.39. The minimum atomic E-state index is -1.81. The zero-order valence-corrected chi connectivity index (χ0v) is 18.2. The second-order valence-corrected chi connectivity index (χ2v) is 9.01. The first kappa shape index (κ1) is 18.7. The van der Waals surface area contributed by atoms with Gasteiger partial charge in [-0.15, -0.1) is 0 Å². The average molecular weight is 477 g/mol. The number of halogens is 1. The van der Waals surface area contributed by atoms with Gasteiger partial charge in [-0.25, -0.2) is 9.78 Å². The normalized spacial score (nSPS) is 19.3. The largest absolute Gasteiger partial charge is 0.458 e. The lowest BCUT2D eigenvalue weighted by Crippen LogP contribution is -2.44. The van der Waals surface area contributed by atoms with Gasteiger partial charge < -0.3 is 14.4 Å². The molecule has 7 heteroatoms. The molecule has 154 valence electrons. The summed E-state index contributed by atoms with van der Waals surface area (Å²) in [5, 5.41) is 14.2. The molecule has 2 aliphatic heterocycles. The van der Waals surface area contributed by atoms with Gasteiger partial charge in [0.25, 0.3) is 5.56 Å². The highest BCUT2D eigenvalue weighted by molar-refractivity contribution is 9.10. The van der Waals surface area contributed by atoms with E-state index in [-0.39, 0.29) is 18.6 Å². The molecule has 2 aromatic carbocycles. The smallest absolute Gasteiger partial charge is 0.343 e. The summed E-state index contributed by atoms with van der Waals surface area (Å²) in [4.78, 5) is 30.4. The first-order chi connectivity index (χ1) is 14.9. The van der Waals surface area contributed by atoms with Gasteiger partial charge in [0, 0.05) is 21.0 Å². The van der Waals surface area contributed by atoms with E-state index >= 15 is 0 Å². The Bertz CT molecular complexity index is 1520. The SMILES string of the molecule is CC[C@@]1(O)C(=O)OCc2c1cc1n(c2=O)Cc2cc3c(ccc4cc(Br)ccc43)nc2-1. The van der Waals surface area contributed by atoms with Crippen molar-refractivity contribution in [1.29, 1.82) is 0 Å². The summed E-state index contributed by atoms with van der Waals surface area (Å²) in [6.45, 7) is 1.97. The van der Waals surface area contributed by atoms with Gasteiger partial charge in [0.05, 0.1) is 29.0 Å². The minimum absolute atomic E-state index is 0.124. The summed E-state index contributed by atoms with van der Waals surface area (Å²) in [7, 11) is 0. The van der Waals surface area contributed by atoms with E-state index in [1.165, 1.54) is 0 Å². The van der Waals surface area contributed by atoms with Crippen LogP contribution < -0.4 is 5.56 Å². The molecule has 0 amide bonds. The molecule has 0 spiro atoms. The van der Waals surface area contributed by atoms with Crippen LogP contribution in [0.15, 0.2) is 51.7 Å². The number of aromatic nitrogens is 2. The van der Waals surface area contributed by atoms with Gasteiger partial charge >= 0.3 is 5.97 Å². The number of rotatable bonds is 1. The fraction of sp³-hybridized carbons (Fsp3) is 0.208. The van der Waals surface area contributed by atoms with Gasteiger partial charge in [0.1, 0.15) is 6.61 Å². The van der Waals surface area contributed by atoms with Crippen LogP contribution in [-0.2, 0) is 28.3 Å². The first-order valence-electron chi connectivity index (χ1n) is 10.1. The number of aliphatic hydroxyl groups is 1. The maximum absolute atomic E-state index is 13.3. The molecule has 0 unspecified atom stereocenters. The zero-order valence-electron chi connectivity index (χ0n) is 16.6.